The first-order valence-corrected chi connectivity index (χ1v) is 8.79. The van der Waals surface area contributed by atoms with Crippen LogP contribution < -0.4 is 10.6 Å². The molecule has 2 aromatic rings. The summed E-state index contributed by atoms with van der Waals surface area (Å²) >= 11 is 1.22. The molecule has 7 nitrogen and oxygen atoms in total. The Balaban J connectivity index is 2.01. The van der Waals surface area contributed by atoms with Gasteiger partial charge in [0.15, 0.2) is 5.16 Å². The van der Waals surface area contributed by atoms with E-state index in [0.717, 1.165) is 16.8 Å². The standard InChI is InChI=1S/C17H22N4O3S/c1-11-4-5-14(12(2)6-11)20-16(24)10-25-17-19-7-13(9-22)21(17)8-15(23)18-3/h4-7,22H,8-10H2,1-3H3,(H,18,23)(H,20,24). The van der Waals surface area contributed by atoms with E-state index < -0.39 is 0 Å². The number of thioether (sulfide) groups is 1. The fraction of sp³-hybridized carbons (Fsp3) is 0.353. The summed E-state index contributed by atoms with van der Waals surface area (Å²) in [6, 6.07) is 5.83. The van der Waals surface area contributed by atoms with Crippen molar-refractivity contribution in [1.29, 1.82) is 0 Å². The van der Waals surface area contributed by atoms with Crippen molar-refractivity contribution < 1.29 is 14.7 Å². The number of aliphatic hydroxyl groups is 1. The van der Waals surface area contributed by atoms with Gasteiger partial charge in [-0.2, -0.15) is 0 Å². The molecular formula is C17H22N4O3S. The molecule has 1 aromatic carbocycles. The van der Waals surface area contributed by atoms with E-state index in [1.807, 2.05) is 32.0 Å². The summed E-state index contributed by atoms with van der Waals surface area (Å²) in [5.41, 5.74) is 3.45. The maximum Gasteiger partial charge on any atom is 0.239 e. The molecule has 0 spiro atoms. The van der Waals surface area contributed by atoms with Crippen molar-refractivity contribution in [3.8, 4) is 0 Å². The summed E-state index contributed by atoms with van der Waals surface area (Å²) in [4.78, 5) is 28.0. The zero-order valence-electron chi connectivity index (χ0n) is 14.5. The molecule has 1 heterocycles. The number of hydrogen-bond donors (Lipinski definition) is 3. The highest BCUT2D eigenvalue weighted by molar-refractivity contribution is 7.99. The van der Waals surface area contributed by atoms with Crippen molar-refractivity contribution in [2.24, 2.45) is 0 Å². The second-order valence-electron chi connectivity index (χ2n) is 5.60. The first-order valence-electron chi connectivity index (χ1n) is 7.80. The number of nitrogens with zero attached hydrogens (tertiary/aromatic N) is 2. The number of carbonyl (C=O) groups is 2. The van der Waals surface area contributed by atoms with E-state index in [1.165, 1.54) is 18.0 Å². The fourth-order valence-electron chi connectivity index (χ4n) is 2.30. The van der Waals surface area contributed by atoms with Crippen LogP contribution in [0.5, 0.6) is 0 Å². The predicted octanol–water partition coefficient (Wildman–Crippen LogP) is 1.47. The van der Waals surface area contributed by atoms with Crippen molar-refractivity contribution in [2.45, 2.75) is 32.2 Å². The smallest absolute Gasteiger partial charge is 0.239 e. The van der Waals surface area contributed by atoms with Crippen molar-refractivity contribution in [3.05, 3.63) is 41.2 Å². The Labute approximate surface area is 150 Å². The Morgan fingerprint density at radius 2 is 2.04 bits per heavy atom. The molecule has 0 radical (unpaired) electrons. The highest BCUT2D eigenvalue weighted by atomic mass is 32.2. The normalized spacial score (nSPS) is 10.6. The molecule has 3 N–H and O–H groups in total. The number of benzene rings is 1. The van der Waals surface area contributed by atoms with Crippen LogP contribution in [-0.4, -0.2) is 39.3 Å². The van der Waals surface area contributed by atoms with E-state index >= 15 is 0 Å². The second kappa shape index (κ2) is 8.68. The summed E-state index contributed by atoms with van der Waals surface area (Å²) in [6.07, 6.45) is 1.51. The zero-order valence-corrected chi connectivity index (χ0v) is 15.3. The molecule has 8 heteroatoms. The number of likely N-dealkylation sites (N-methyl/N-ethyl adjacent to an activating group) is 1. The Morgan fingerprint density at radius 3 is 2.68 bits per heavy atom. The van der Waals surface area contributed by atoms with Crippen LogP contribution in [0.15, 0.2) is 29.6 Å². The molecular weight excluding hydrogens is 340 g/mol. The van der Waals surface area contributed by atoms with Gasteiger partial charge in [-0.1, -0.05) is 29.5 Å². The van der Waals surface area contributed by atoms with Crippen molar-refractivity contribution >= 4 is 29.3 Å². The van der Waals surface area contributed by atoms with Crippen LogP contribution in [0.3, 0.4) is 0 Å². The van der Waals surface area contributed by atoms with Gasteiger partial charge in [-0.15, -0.1) is 0 Å². The summed E-state index contributed by atoms with van der Waals surface area (Å²) in [5.74, 6) is -0.200. The highest BCUT2D eigenvalue weighted by Crippen LogP contribution is 2.20. The minimum absolute atomic E-state index is 0.0490. The summed E-state index contributed by atoms with van der Waals surface area (Å²) in [7, 11) is 1.54. The number of aromatic nitrogens is 2. The lowest BCUT2D eigenvalue weighted by Gasteiger charge is -2.11. The third-order valence-electron chi connectivity index (χ3n) is 3.63. The van der Waals surface area contributed by atoms with Crippen molar-refractivity contribution in [1.82, 2.24) is 14.9 Å². The average Bonchev–Trinajstić information content (AvgIpc) is 2.97. The number of imidazole rings is 1. The molecule has 25 heavy (non-hydrogen) atoms. The summed E-state index contributed by atoms with van der Waals surface area (Å²) in [5, 5.41) is 15.3. The lowest BCUT2D eigenvalue weighted by atomic mass is 10.1. The van der Waals surface area contributed by atoms with Crippen LogP contribution >= 0.6 is 11.8 Å². The van der Waals surface area contributed by atoms with E-state index in [9.17, 15) is 14.7 Å². The van der Waals surface area contributed by atoms with Crippen LogP contribution in [-0.2, 0) is 22.7 Å². The van der Waals surface area contributed by atoms with Crippen molar-refractivity contribution in [3.63, 3.8) is 0 Å². The molecule has 0 unspecified atom stereocenters. The molecule has 134 valence electrons. The molecule has 1 aromatic heterocycles. The van der Waals surface area contributed by atoms with Gasteiger partial charge in [-0.05, 0) is 25.5 Å². The van der Waals surface area contributed by atoms with Gasteiger partial charge in [0.25, 0.3) is 0 Å². The number of hydrogen-bond acceptors (Lipinski definition) is 5. The van der Waals surface area contributed by atoms with Gasteiger partial charge in [-0.3, -0.25) is 9.59 Å². The zero-order chi connectivity index (χ0) is 18.4. The van der Waals surface area contributed by atoms with Gasteiger partial charge in [0, 0.05) is 12.7 Å². The minimum atomic E-state index is -0.223. The Kier molecular flexibility index (Phi) is 6.60. The van der Waals surface area contributed by atoms with Gasteiger partial charge >= 0.3 is 0 Å². The molecule has 2 rings (SSSR count). The number of anilines is 1. The summed E-state index contributed by atoms with van der Waals surface area (Å²) < 4.78 is 1.61. The van der Waals surface area contributed by atoms with Crippen LogP contribution in [0.2, 0.25) is 0 Å². The number of aliphatic hydroxyl groups excluding tert-OH is 1. The molecule has 2 amide bonds. The first kappa shape index (κ1) is 19.0. The largest absolute Gasteiger partial charge is 0.390 e. The molecule has 0 bridgehead atoms. The van der Waals surface area contributed by atoms with Crippen LogP contribution in [0, 0.1) is 13.8 Å². The Morgan fingerprint density at radius 1 is 1.28 bits per heavy atom. The maximum atomic E-state index is 12.2. The fourth-order valence-corrected chi connectivity index (χ4v) is 3.09. The monoisotopic (exact) mass is 362 g/mol. The van der Waals surface area contributed by atoms with E-state index in [1.54, 1.807) is 11.6 Å². The number of aryl methyl sites for hydroxylation is 2. The molecule has 0 saturated heterocycles. The maximum absolute atomic E-state index is 12.2. The number of nitrogens with one attached hydrogen (secondary N) is 2. The lowest BCUT2D eigenvalue weighted by molar-refractivity contribution is -0.121. The van der Waals surface area contributed by atoms with Gasteiger partial charge < -0.3 is 20.3 Å². The Hall–Kier alpha value is -2.32. The van der Waals surface area contributed by atoms with Crippen LogP contribution in [0.25, 0.3) is 0 Å². The molecule has 0 aliphatic heterocycles. The predicted molar refractivity (Wildman–Crippen MR) is 97.5 cm³/mol. The van der Waals surface area contributed by atoms with Gasteiger partial charge in [0.2, 0.25) is 11.8 Å². The van der Waals surface area contributed by atoms with E-state index in [2.05, 4.69) is 15.6 Å². The molecule has 0 aliphatic carbocycles. The summed E-state index contributed by atoms with van der Waals surface area (Å²) in [6.45, 7) is 3.77. The Bertz CT molecular complexity index is 773. The lowest BCUT2D eigenvalue weighted by Crippen LogP contribution is -2.25. The number of carbonyl (C=O) groups excluding carboxylic acids is 2. The van der Waals surface area contributed by atoms with Crippen LogP contribution in [0.1, 0.15) is 16.8 Å². The van der Waals surface area contributed by atoms with Crippen molar-refractivity contribution in [2.75, 3.05) is 18.1 Å². The SMILES string of the molecule is CNC(=O)Cn1c(CO)cnc1SCC(=O)Nc1ccc(C)cc1C. The number of rotatable bonds is 7. The topological polar surface area (TPSA) is 96.2 Å². The third kappa shape index (κ3) is 5.07. The molecule has 0 aliphatic rings. The quantitative estimate of drug-likeness (QED) is 0.648. The van der Waals surface area contributed by atoms with Gasteiger partial charge in [0.05, 0.1) is 24.3 Å². The molecule has 0 fully saturated rings. The van der Waals surface area contributed by atoms with E-state index in [4.69, 9.17) is 0 Å². The minimum Gasteiger partial charge on any atom is -0.390 e. The van der Waals surface area contributed by atoms with Crippen LogP contribution in [0.4, 0.5) is 5.69 Å². The van der Waals surface area contributed by atoms with Gasteiger partial charge in [0.1, 0.15) is 6.54 Å². The first-order chi connectivity index (χ1) is 11.9. The number of amides is 2. The second-order valence-corrected chi connectivity index (χ2v) is 6.55. The average molecular weight is 362 g/mol. The molecule has 0 atom stereocenters. The van der Waals surface area contributed by atoms with E-state index in [0.29, 0.717) is 10.9 Å². The van der Waals surface area contributed by atoms with Gasteiger partial charge in [-0.25, -0.2) is 4.98 Å². The van der Waals surface area contributed by atoms with E-state index in [-0.39, 0.29) is 30.7 Å². The molecule has 0 saturated carbocycles. The third-order valence-corrected chi connectivity index (χ3v) is 4.62. The highest BCUT2D eigenvalue weighted by Gasteiger charge is 2.14.